The molecule has 2 aliphatic heterocycles. The van der Waals surface area contributed by atoms with Gasteiger partial charge in [0.05, 0.1) is 0 Å². The van der Waals surface area contributed by atoms with E-state index in [9.17, 15) is 4.79 Å². The van der Waals surface area contributed by atoms with E-state index in [-0.39, 0.29) is 5.91 Å². The molecule has 0 saturated carbocycles. The Balaban J connectivity index is 1.37. The summed E-state index contributed by atoms with van der Waals surface area (Å²) in [5, 5.41) is 7.12. The number of H-pyrrole nitrogens is 1. The average Bonchev–Trinajstić information content (AvgIpc) is 3.14. The molecule has 5 heteroatoms. The minimum absolute atomic E-state index is 0.153. The lowest BCUT2D eigenvalue weighted by atomic mass is 9.94. The Kier molecular flexibility index (Phi) is 5.87. The molecule has 5 nitrogen and oxygen atoms in total. The van der Waals surface area contributed by atoms with Gasteiger partial charge in [0.2, 0.25) is 0 Å². The molecule has 27 heavy (non-hydrogen) atoms. The van der Waals surface area contributed by atoms with Gasteiger partial charge in [-0.25, -0.2) is 0 Å². The van der Waals surface area contributed by atoms with E-state index in [2.05, 4.69) is 27.2 Å². The number of hydrogen-bond acceptors (Lipinski definition) is 3. The van der Waals surface area contributed by atoms with Crippen LogP contribution in [0.1, 0.15) is 66.1 Å². The number of nitrogens with zero attached hydrogens (tertiary/aromatic N) is 3. The molecule has 0 aliphatic carbocycles. The van der Waals surface area contributed by atoms with Crippen molar-refractivity contribution in [2.75, 3.05) is 26.2 Å². The molecule has 1 atom stereocenters. The second kappa shape index (κ2) is 8.70. The molecule has 1 aromatic heterocycles. The minimum Gasteiger partial charge on any atom is -0.338 e. The predicted molar refractivity (Wildman–Crippen MR) is 107 cm³/mol. The van der Waals surface area contributed by atoms with E-state index in [1.165, 1.54) is 44.3 Å². The quantitative estimate of drug-likeness (QED) is 0.895. The number of aromatic nitrogens is 2. The number of amides is 1. The molecule has 2 aromatic rings. The van der Waals surface area contributed by atoms with Crippen molar-refractivity contribution in [3.63, 3.8) is 0 Å². The van der Waals surface area contributed by atoms with Crippen LogP contribution in [-0.4, -0.2) is 52.1 Å². The van der Waals surface area contributed by atoms with Crippen molar-refractivity contribution in [1.29, 1.82) is 0 Å². The largest absolute Gasteiger partial charge is 0.338 e. The van der Waals surface area contributed by atoms with Gasteiger partial charge in [-0.05, 0) is 62.5 Å². The number of rotatable bonds is 4. The lowest BCUT2D eigenvalue weighted by Gasteiger charge is -2.32. The van der Waals surface area contributed by atoms with Gasteiger partial charge in [0, 0.05) is 43.0 Å². The van der Waals surface area contributed by atoms with Crippen molar-refractivity contribution < 1.29 is 4.79 Å². The third-order valence-electron chi connectivity index (χ3n) is 5.98. The van der Waals surface area contributed by atoms with E-state index in [0.29, 0.717) is 5.92 Å². The van der Waals surface area contributed by atoms with Crippen molar-refractivity contribution in [3.05, 3.63) is 53.3 Å². The molecular formula is C22H30N4O. The second-order valence-electron chi connectivity index (χ2n) is 7.99. The summed E-state index contributed by atoms with van der Waals surface area (Å²) in [6.07, 6.45) is 9.28. The first-order valence-electron chi connectivity index (χ1n) is 10.4. The van der Waals surface area contributed by atoms with Crippen molar-refractivity contribution in [1.82, 2.24) is 20.0 Å². The zero-order valence-electron chi connectivity index (χ0n) is 16.1. The van der Waals surface area contributed by atoms with Crippen LogP contribution in [0.15, 0.2) is 36.5 Å². The minimum atomic E-state index is 0.153. The van der Waals surface area contributed by atoms with Crippen molar-refractivity contribution >= 4 is 5.91 Å². The molecule has 1 amide bonds. The Morgan fingerprint density at radius 1 is 1.00 bits per heavy atom. The van der Waals surface area contributed by atoms with Crippen LogP contribution in [-0.2, 0) is 6.54 Å². The molecule has 144 valence electrons. The maximum atomic E-state index is 13.0. The van der Waals surface area contributed by atoms with Crippen LogP contribution < -0.4 is 0 Å². The highest BCUT2D eigenvalue weighted by Gasteiger charge is 2.26. The summed E-state index contributed by atoms with van der Waals surface area (Å²) in [6.45, 7) is 5.02. The molecule has 0 bridgehead atoms. The molecule has 4 rings (SSSR count). The van der Waals surface area contributed by atoms with E-state index < -0.39 is 0 Å². The number of benzene rings is 1. The molecule has 1 aromatic carbocycles. The fourth-order valence-electron chi connectivity index (χ4n) is 4.40. The summed E-state index contributed by atoms with van der Waals surface area (Å²) < 4.78 is 0. The number of nitrogens with one attached hydrogen (secondary N) is 1. The third kappa shape index (κ3) is 4.59. The Morgan fingerprint density at radius 3 is 2.48 bits per heavy atom. The van der Waals surface area contributed by atoms with Gasteiger partial charge in [-0.3, -0.25) is 14.8 Å². The number of carbonyl (C=O) groups excluding carboxylic acids is 1. The van der Waals surface area contributed by atoms with Gasteiger partial charge in [-0.2, -0.15) is 5.10 Å². The molecular weight excluding hydrogens is 336 g/mol. The number of piperidine rings is 1. The summed E-state index contributed by atoms with van der Waals surface area (Å²) in [6, 6.07) is 10.3. The Labute approximate surface area is 161 Å². The summed E-state index contributed by atoms with van der Waals surface area (Å²) in [5.74, 6) is 0.521. The SMILES string of the molecule is O=C(c1ccc(CN2CCCCCC2)cc1)N1CCCC(c2ccn[nH]2)C1. The Hall–Kier alpha value is -2.14. The second-order valence-corrected chi connectivity index (χ2v) is 7.99. The zero-order chi connectivity index (χ0) is 18.5. The number of carbonyl (C=O) groups is 1. The van der Waals surface area contributed by atoms with Crippen LogP contribution >= 0.6 is 0 Å². The summed E-state index contributed by atoms with van der Waals surface area (Å²) in [4.78, 5) is 17.5. The lowest BCUT2D eigenvalue weighted by molar-refractivity contribution is 0.0706. The van der Waals surface area contributed by atoms with Crippen LogP contribution in [0.3, 0.4) is 0 Å². The van der Waals surface area contributed by atoms with E-state index >= 15 is 0 Å². The number of hydrogen-bond donors (Lipinski definition) is 1. The number of likely N-dealkylation sites (tertiary alicyclic amines) is 2. The van der Waals surface area contributed by atoms with Gasteiger partial charge < -0.3 is 4.90 Å². The molecule has 1 N–H and O–H groups in total. The van der Waals surface area contributed by atoms with Crippen molar-refractivity contribution in [2.45, 2.75) is 51.0 Å². The highest BCUT2D eigenvalue weighted by molar-refractivity contribution is 5.94. The molecule has 2 aliphatic rings. The van der Waals surface area contributed by atoms with E-state index in [4.69, 9.17) is 0 Å². The van der Waals surface area contributed by atoms with Gasteiger partial charge in [0.25, 0.3) is 5.91 Å². The third-order valence-corrected chi connectivity index (χ3v) is 5.98. The van der Waals surface area contributed by atoms with Crippen LogP contribution in [0.4, 0.5) is 0 Å². The number of aromatic amines is 1. The topological polar surface area (TPSA) is 52.2 Å². The average molecular weight is 367 g/mol. The van der Waals surface area contributed by atoms with Gasteiger partial charge in [0.15, 0.2) is 0 Å². The first kappa shape index (κ1) is 18.2. The lowest BCUT2D eigenvalue weighted by Crippen LogP contribution is -2.39. The van der Waals surface area contributed by atoms with Crippen LogP contribution in [0.25, 0.3) is 0 Å². The van der Waals surface area contributed by atoms with Gasteiger partial charge >= 0.3 is 0 Å². The van der Waals surface area contributed by atoms with Crippen LogP contribution in [0.2, 0.25) is 0 Å². The van der Waals surface area contributed by atoms with E-state index in [1.807, 2.05) is 23.1 Å². The summed E-state index contributed by atoms with van der Waals surface area (Å²) in [7, 11) is 0. The van der Waals surface area contributed by atoms with Crippen molar-refractivity contribution in [2.24, 2.45) is 0 Å². The maximum Gasteiger partial charge on any atom is 0.253 e. The fraction of sp³-hybridized carbons (Fsp3) is 0.545. The highest BCUT2D eigenvalue weighted by Crippen LogP contribution is 2.26. The van der Waals surface area contributed by atoms with Gasteiger partial charge in [0.1, 0.15) is 0 Å². The van der Waals surface area contributed by atoms with Gasteiger partial charge in [-0.1, -0.05) is 25.0 Å². The predicted octanol–water partition coefficient (Wildman–Crippen LogP) is 3.81. The van der Waals surface area contributed by atoms with Crippen molar-refractivity contribution in [3.8, 4) is 0 Å². The molecule has 2 fully saturated rings. The smallest absolute Gasteiger partial charge is 0.253 e. The monoisotopic (exact) mass is 366 g/mol. The Morgan fingerprint density at radius 2 is 1.78 bits per heavy atom. The van der Waals surface area contributed by atoms with Gasteiger partial charge in [-0.15, -0.1) is 0 Å². The molecule has 2 saturated heterocycles. The Bertz CT molecular complexity index is 717. The van der Waals surface area contributed by atoms with E-state index in [1.54, 1.807) is 6.20 Å². The normalized spacial score (nSPS) is 21.8. The molecule has 0 spiro atoms. The van der Waals surface area contributed by atoms with E-state index in [0.717, 1.165) is 43.7 Å². The fourth-order valence-corrected chi connectivity index (χ4v) is 4.40. The van der Waals surface area contributed by atoms with Crippen LogP contribution in [0.5, 0.6) is 0 Å². The molecule has 1 unspecified atom stereocenters. The molecule has 3 heterocycles. The first-order valence-corrected chi connectivity index (χ1v) is 10.4. The summed E-state index contributed by atoms with van der Waals surface area (Å²) in [5.41, 5.74) is 3.25. The standard InChI is InChI=1S/C22H30N4O/c27-22(26-15-5-6-20(17-26)21-11-12-23-24-21)19-9-7-18(8-10-19)16-25-13-3-1-2-4-14-25/h7-12,20H,1-6,13-17H2,(H,23,24). The van der Waals surface area contributed by atoms with Crippen LogP contribution in [0, 0.1) is 0 Å². The molecule has 0 radical (unpaired) electrons. The maximum absolute atomic E-state index is 13.0. The zero-order valence-corrected chi connectivity index (χ0v) is 16.1. The first-order chi connectivity index (χ1) is 13.3. The summed E-state index contributed by atoms with van der Waals surface area (Å²) >= 11 is 0. The highest BCUT2D eigenvalue weighted by atomic mass is 16.2.